The van der Waals surface area contributed by atoms with Crippen molar-refractivity contribution < 1.29 is 14.3 Å². The van der Waals surface area contributed by atoms with E-state index in [2.05, 4.69) is 9.84 Å². The third-order valence-corrected chi connectivity index (χ3v) is 2.88. The monoisotopic (exact) mass is 284 g/mol. The third kappa shape index (κ3) is 4.07. The molecule has 108 valence electrons. The molecule has 21 heavy (non-hydrogen) atoms. The van der Waals surface area contributed by atoms with Gasteiger partial charge in [-0.1, -0.05) is 12.1 Å². The van der Waals surface area contributed by atoms with Crippen LogP contribution in [0.15, 0.2) is 53.6 Å². The van der Waals surface area contributed by atoms with Crippen molar-refractivity contribution >= 4 is 12.2 Å². The molecule has 0 atom stereocenters. The van der Waals surface area contributed by atoms with Gasteiger partial charge in [0.05, 0.1) is 18.9 Å². The molecule has 0 fully saturated rings. The van der Waals surface area contributed by atoms with Crippen LogP contribution in [0.3, 0.4) is 0 Å². The molecule has 2 aromatic carbocycles. The maximum Gasteiger partial charge on any atom is 0.337 e. The predicted molar refractivity (Wildman–Crippen MR) is 80.3 cm³/mol. The van der Waals surface area contributed by atoms with Gasteiger partial charge in [0.25, 0.3) is 0 Å². The second-order valence-electron chi connectivity index (χ2n) is 4.32. The van der Waals surface area contributed by atoms with Crippen LogP contribution >= 0.6 is 0 Å². The van der Waals surface area contributed by atoms with Crippen molar-refractivity contribution in [1.82, 2.24) is 0 Å². The number of rotatable bonds is 5. The van der Waals surface area contributed by atoms with Crippen LogP contribution in [0.1, 0.15) is 21.5 Å². The molecule has 0 radical (unpaired) electrons. The van der Waals surface area contributed by atoms with Gasteiger partial charge in [-0.3, -0.25) is 0 Å². The highest BCUT2D eigenvalue weighted by Crippen LogP contribution is 2.14. The first-order valence-corrected chi connectivity index (χ1v) is 6.36. The lowest BCUT2D eigenvalue weighted by Crippen LogP contribution is -2.02. The van der Waals surface area contributed by atoms with E-state index in [9.17, 15) is 4.79 Å². The van der Waals surface area contributed by atoms with Crippen LogP contribution in [0.5, 0.6) is 5.75 Å². The lowest BCUT2D eigenvalue weighted by atomic mass is 10.1. The fourth-order valence-electron chi connectivity index (χ4n) is 1.76. The fraction of sp³-hybridized carbons (Fsp3) is 0.125. The summed E-state index contributed by atoms with van der Waals surface area (Å²) < 4.78 is 10.3. The van der Waals surface area contributed by atoms with Gasteiger partial charge in [0, 0.05) is 0 Å². The summed E-state index contributed by atoms with van der Waals surface area (Å²) in [6.07, 6.45) is 1.56. The number of hydrazone groups is 1. The number of hydrogen-bond acceptors (Lipinski definition) is 5. The molecular weight excluding hydrogens is 268 g/mol. The maximum absolute atomic E-state index is 11.3. The molecule has 0 amide bonds. The number of benzene rings is 2. The summed E-state index contributed by atoms with van der Waals surface area (Å²) in [7, 11) is 1.36. The van der Waals surface area contributed by atoms with Gasteiger partial charge in [0.15, 0.2) is 0 Å². The van der Waals surface area contributed by atoms with Crippen LogP contribution in [-0.4, -0.2) is 19.3 Å². The lowest BCUT2D eigenvalue weighted by Gasteiger charge is -2.07. The largest absolute Gasteiger partial charge is 0.489 e. The van der Waals surface area contributed by atoms with E-state index in [-0.39, 0.29) is 5.97 Å². The summed E-state index contributed by atoms with van der Waals surface area (Å²) in [6.45, 7) is 0.422. The predicted octanol–water partition coefficient (Wildman–Crippen LogP) is 2.34. The highest BCUT2D eigenvalue weighted by atomic mass is 16.5. The van der Waals surface area contributed by atoms with Crippen molar-refractivity contribution in [2.75, 3.05) is 7.11 Å². The third-order valence-electron chi connectivity index (χ3n) is 2.88. The van der Waals surface area contributed by atoms with Gasteiger partial charge in [-0.15, -0.1) is 0 Å². The van der Waals surface area contributed by atoms with Gasteiger partial charge < -0.3 is 15.3 Å². The van der Waals surface area contributed by atoms with Crippen LogP contribution in [0.2, 0.25) is 0 Å². The highest BCUT2D eigenvalue weighted by molar-refractivity contribution is 5.89. The molecule has 5 nitrogen and oxygen atoms in total. The molecule has 0 heterocycles. The van der Waals surface area contributed by atoms with E-state index in [0.717, 1.165) is 16.9 Å². The molecule has 0 unspecified atom stereocenters. The quantitative estimate of drug-likeness (QED) is 0.396. The summed E-state index contributed by atoms with van der Waals surface area (Å²) >= 11 is 0. The van der Waals surface area contributed by atoms with Crippen molar-refractivity contribution in [3.63, 3.8) is 0 Å². The molecule has 0 aliphatic carbocycles. The summed E-state index contributed by atoms with van der Waals surface area (Å²) in [5.74, 6) is 5.49. The average molecular weight is 284 g/mol. The Kier molecular flexibility index (Phi) is 4.93. The second kappa shape index (κ2) is 7.09. The molecule has 0 aliphatic rings. The molecule has 0 spiro atoms. The molecule has 2 rings (SSSR count). The number of nitrogens with zero attached hydrogens (tertiary/aromatic N) is 1. The van der Waals surface area contributed by atoms with Gasteiger partial charge in [-0.05, 0) is 47.5 Å². The van der Waals surface area contributed by atoms with E-state index in [0.29, 0.717) is 12.2 Å². The first-order valence-electron chi connectivity index (χ1n) is 6.36. The Balaban J connectivity index is 1.94. The van der Waals surface area contributed by atoms with E-state index in [1.807, 2.05) is 36.4 Å². The van der Waals surface area contributed by atoms with E-state index in [1.54, 1.807) is 18.3 Å². The van der Waals surface area contributed by atoms with Crippen LogP contribution in [-0.2, 0) is 11.3 Å². The van der Waals surface area contributed by atoms with E-state index in [4.69, 9.17) is 10.6 Å². The molecule has 0 saturated heterocycles. The topological polar surface area (TPSA) is 73.9 Å². The standard InChI is InChI=1S/C16H16N2O3/c1-20-16(19)14-6-2-13(3-7-14)11-21-15-8-4-12(5-9-15)10-18-17/h2-10H,11,17H2,1H3. The molecular formula is C16H16N2O3. The lowest BCUT2D eigenvalue weighted by molar-refractivity contribution is 0.0600. The van der Waals surface area contributed by atoms with Crippen molar-refractivity contribution in [3.8, 4) is 5.75 Å². The molecule has 0 bridgehead atoms. The molecule has 2 aromatic rings. The van der Waals surface area contributed by atoms with E-state index < -0.39 is 0 Å². The van der Waals surface area contributed by atoms with Crippen LogP contribution in [0, 0.1) is 0 Å². The highest BCUT2D eigenvalue weighted by Gasteiger charge is 2.04. The maximum atomic E-state index is 11.3. The van der Waals surface area contributed by atoms with Crippen molar-refractivity contribution in [2.45, 2.75) is 6.61 Å². The number of hydrogen-bond donors (Lipinski definition) is 1. The van der Waals surface area contributed by atoms with Crippen LogP contribution in [0.25, 0.3) is 0 Å². The molecule has 0 saturated carbocycles. The zero-order chi connectivity index (χ0) is 15.1. The van der Waals surface area contributed by atoms with E-state index in [1.165, 1.54) is 7.11 Å². The molecule has 0 aliphatic heterocycles. The van der Waals surface area contributed by atoms with Crippen molar-refractivity contribution in [1.29, 1.82) is 0 Å². The Hall–Kier alpha value is -2.82. The molecule has 0 aromatic heterocycles. The Bertz CT molecular complexity index is 619. The second-order valence-corrected chi connectivity index (χ2v) is 4.32. The minimum atomic E-state index is -0.348. The van der Waals surface area contributed by atoms with Crippen LogP contribution in [0.4, 0.5) is 0 Å². The van der Waals surface area contributed by atoms with Crippen LogP contribution < -0.4 is 10.6 Å². The van der Waals surface area contributed by atoms with Crippen molar-refractivity contribution in [2.24, 2.45) is 10.9 Å². The molecule has 5 heteroatoms. The minimum absolute atomic E-state index is 0.348. The minimum Gasteiger partial charge on any atom is -0.489 e. The van der Waals surface area contributed by atoms with Gasteiger partial charge in [0.2, 0.25) is 0 Å². The number of esters is 1. The summed E-state index contributed by atoms with van der Waals surface area (Å²) in [4.78, 5) is 11.3. The summed E-state index contributed by atoms with van der Waals surface area (Å²) in [5, 5.41) is 3.46. The van der Waals surface area contributed by atoms with Gasteiger partial charge >= 0.3 is 5.97 Å². The zero-order valence-electron chi connectivity index (χ0n) is 11.7. The Morgan fingerprint density at radius 1 is 1.14 bits per heavy atom. The number of carbonyl (C=O) groups excluding carboxylic acids is 1. The van der Waals surface area contributed by atoms with Crippen molar-refractivity contribution in [3.05, 3.63) is 65.2 Å². The normalized spacial score (nSPS) is 10.5. The molecule has 2 N–H and O–H groups in total. The van der Waals surface area contributed by atoms with Gasteiger partial charge in [-0.2, -0.15) is 5.10 Å². The summed E-state index contributed by atoms with van der Waals surface area (Å²) in [6, 6.07) is 14.5. The average Bonchev–Trinajstić information content (AvgIpc) is 2.54. The number of ether oxygens (including phenoxy) is 2. The first kappa shape index (κ1) is 14.6. The Morgan fingerprint density at radius 3 is 2.38 bits per heavy atom. The van der Waals surface area contributed by atoms with Gasteiger partial charge in [-0.25, -0.2) is 4.79 Å². The zero-order valence-corrected chi connectivity index (χ0v) is 11.7. The van der Waals surface area contributed by atoms with Gasteiger partial charge in [0.1, 0.15) is 12.4 Å². The smallest absolute Gasteiger partial charge is 0.337 e. The fourth-order valence-corrected chi connectivity index (χ4v) is 1.76. The van der Waals surface area contributed by atoms with E-state index >= 15 is 0 Å². The Labute approximate surface area is 123 Å². The summed E-state index contributed by atoms with van der Waals surface area (Å²) in [5.41, 5.74) is 2.40. The Morgan fingerprint density at radius 2 is 1.81 bits per heavy atom. The number of methoxy groups -OCH3 is 1. The number of carbonyl (C=O) groups is 1. The first-order chi connectivity index (χ1) is 10.2. The SMILES string of the molecule is COC(=O)c1ccc(COc2ccc(C=NN)cc2)cc1. The number of nitrogens with two attached hydrogens (primary N) is 1.